The van der Waals surface area contributed by atoms with Gasteiger partial charge in [-0.25, -0.2) is 4.98 Å². The largest absolute Gasteiger partial charge is 0.379 e. The second-order valence-electron chi connectivity index (χ2n) is 2.87. The highest BCUT2D eigenvalue weighted by molar-refractivity contribution is 8.00. The van der Waals surface area contributed by atoms with E-state index in [0.717, 1.165) is 18.2 Å². The second kappa shape index (κ2) is 4.18. The Morgan fingerprint density at radius 2 is 2.43 bits per heavy atom. The number of hydrogen-bond acceptors (Lipinski definition) is 4. The van der Waals surface area contributed by atoms with Crippen LogP contribution in [-0.2, 0) is 4.74 Å². The minimum atomic E-state index is 0.425. The minimum Gasteiger partial charge on any atom is -0.379 e. The molecule has 0 bridgehead atoms. The molecule has 0 aliphatic carbocycles. The summed E-state index contributed by atoms with van der Waals surface area (Å²) >= 11 is 7.55. The quantitative estimate of drug-likeness (QED) is 0.775. The molecule has 0 aromatic carbocycles. The number of aromatic nitrogens is 1. The molecule has 72 valence electrons. The van der Waals surface area contributed by atoms with Gasteiger partial charge in [-0.1, -0.05) is 23.4 Å². The van der Waals surface area contributed by atoms with E-state index in [9.17, 15) is 0 Å². The first-order valence-corrected chi connectivity index (χ1v) is 5.36. The van der Waals surface area contributed by atoms with Crippen molar-refractivity contribution in [2.45, 2.75) is 10.3 Å². The Hall–Kier alpha value is -0.760. The van der Waals surface area contributed by atoms with Gasteiger partial charge in [-0.3, -0.25) is 0 Å². The molecule has 2 rings (SSSR count). The van der Waals surface area contributed by atoms with E-state index in [0.29, 0.717) is 15.8 Å². The molecule has 1 fully saturated rings. The third-order valence-corrected chi connectivity index (χ3v) is 3.50. The number of nitriles is 1. The van der Waals surface area contributed by atoms with Crippen molar-refractivity contribution in [1.29, 1.82) is 5.26 Å². The highest BCUT2D eigenvalue weighted by atomic mass is 35.5. The molecule has 0 unspecified atom stereocenters. The smallest absolute Gasteiger partial charge is 0.116 e. The molecule has 0 N–H and O–H groups in total. The van der Waals surface area contributed by atoms with Gasteiger partial charge < -0.3 is 4.74 Å². The van der Waals surface area contributed by atoms with Crippen LogP contribution in [-0.4, -0.2) is 23.4 Å². The summed E-state index contributed by atoms with van der Waals surface area (Å²) < 4.78 is 5.05. The van der Waals surface area contributed by atoms with E-state index < -0.39 is 0 Å². The Kier molecular flexibility index (Phi) is 2.92. The number of thioether (sulfide) groups is 1. The average molecular weight is 227 g/mol. The van der Waals surface area contributed by atoms with Crippen molar-refractivity contribution >= 4 is 23.4 Å². The summed E-state index contributed by atoms with van der Waals surface area (Å²) in [7, 11) is 0. The van der Waals surface area contributed by atoms with Gasteiger partial charge in [-0.2, -0.15) is 5.26 Å². The summed E-state index contributed by atoms with van der Waals surface area (Å²) in [4.78, 5) is 4.13. The molecule has 5 heteroatoms. The van der Waals surface area contributed by atoms with Crippen molar-refractivity contribution in [1.82, 2.24) is 4.98 Å². The molecule has 0 radical (unpaired) electrons. The molecule has 3 nitrogen and oxygen atoms in total. The molecular formula is C9H7ClN2OS. The van der Waals surface area contributed by atoms with Gasteiger partial charge in [-0.05, 0) is 6.07 Å². The predicted molar refractivity (Wildman–Crippen MR) is 54.4 cm³/mol. The fraction of sp³-hybridized carbons (Fsp3) is 0.333. The predicted octanol–water partition coefficient (Wildman–Crippen LogP) is 2.10. The van der Waals surface area contributed by atoms with Crippen molar-refractivity contribution < 1.29 is 4.74 Å². The Bertz CT molecular complexity index is 387. The lowest BCUT2D eigenvalue weighted by atomic mass is 10.3. The maximum Gasteiger partial charge on any atom is 0.116 e. The number of pyridine rings is 1. The van der Waals surface area contributed by atoms with E-state index in [1.54, 1.807) is 24.0 Å². The van der Waals surface area contributed by atoms with Crippen molar-refractivity contribution in [3.05, 3.63) is 22.8 Å². The molecule has 0 spiro atoms. The molecule has 2 heterocycles. The van der Waals surface area contributed by atoms with Crippen molar-refractivity contribution in [2.24, 2.45) is 0 Å². The van der Waals surface area contributed by atoms with Crippen LogP contribution in [0, 0.1) is 11.3 Å². The van der Waals surface area contributed by atoms with Gasteiger partial charge in [0.05, 0.1) is 29.0 Å². The number of halogens is 1. The molecule has 1 aliphatic rings. The van der Waals surface area contributed by atoms with Crippen molar-refractivity contribution in [2.75, 3.05) is 13.2 Å². The lowest BCUT2D eigenvalue weighted by Gasteiger charge is -2.24. The maximum absolute atomic E-state index is 8.75. The zero-order valence-corrected chi connectivity index (χ0v) is 8.81. The van der Waals surface area contributed by atoms with E-state index in [2.05, 4.69) is 4.98 Å². The lowest BCUT2D eigenvalue weighted by Crippen LogP contribution is -2.30. The van der Waals surface area contributed by atoms with Crippen LogP contribution in [0.5, 0.6) is 0 Å². The van der Waals surface area contributed by atoms with Gasteiger partial charge in [0.1, 0.15) is 11.1 Å². The normalized spacial score (nSPS) is 16.0. The van der Waals surface area contributed by atoms with Crippen LogP contribution in [0.25, 0.3) is 0 Å². The fourth-order valence-corrected chi connectivity index (χ4v) is 2.30. The zero-order chi connectivity index (χ0) is 9.97. The van der Waals surface area contributed by atoms with Gasteiger partial charge >= 0.3 is 0 Å². The van der Waals surface area contributed by atoms with E-state index in [4.69, 9.17) is 21.6 Å². The first kappa shape index (κ1) is 9.78. The van der Waals surface area contributed by atoms with Crippen LogP contribution in [0.2, 0.25) is 5.02 Å². The maximum atomic E-state index is 8.75. The molecule has 1 aromatic rings. The highest BCUT2D eigenvalue weighted by Gasteiger charge is 2.22. The highest BCUT2D eigenvalue weighted by Crippen LogP contribution is 2.32. The van der Waals surface area contributed by atoms with Gasteiger partial charge in [-0.15, -0.1) is 0 Å². The summed E-state index contributed by atoms with van der Waals surface area (Å²) in [5.74, 6) is 0. The third kappa shape index (κ3) is 1.85. The molecular weight excluding hydrogens is 220 g/mol. The molecule has 1 aliphatic heterocycles. The number of nitrogens with zero attached hydrogens (tertiary/aromatic N) is 2. The molecule has 14 heavy (non-hydrogen) atoms. The average Bonchev–Trinajstić information content (AvgIpc) is 2.13. The first-order valence-electron chi connectivity index (χ1n) is 4.10. The fourth-order valence-electron chi connectivity index (χ4n) is 1.03. The number of rotatable bonds is 2. The number of ether oxygens (including phenoxy) is 1. The summed E-state index contributed by atoms with van der Waals surface area (Å²) in [6.07, 6.45) is 1.60. The molecule has 1 aromatic heterocycles. The van der Waals surface area contributed by atoms with Crippen LogP contribution in [0.3, 0.4) is 0 Å². The van der Waals surface area contributed by atoms with Gasteiger partial charge in [0, 0.05) is 6.20 Å². The van der Waals surface area contributed by atoms with E-state index in [1.165, 1.54) is 0 Å². The topological polar surface area (TPSA) is 45.9 Å². The molecule has 0 amide bonds. The Balaban J connectivity index is 2.20. The van der Waals surface area contributed by atoms with Gasteiger partial charge in [0.15, 0.2) is 0 Å². The molecule has 1 saturated heterocycles. The minimum absolute atomic E-state index is 0.425. The van der Waals surface area contributed by atoms with Crippen LogP contribution < -0.4 is 0 Å². The second-order valence-corrected chi connectivity index (χ2v) is 4.53. The summed E-state index contributed by atoms with van der Waals surface area (Å²) in [5, 5.41) is 10.3. The van der Waals surface area contributed by atoms with Crippen LogP contribution in [0.4, 0.5) is 0 Å². The van der Waals surface area contributed by atoms with Crippen LogP contribution in [0.15, 0.2) is 17.3 Å². The summed E-state index contributed by atoms with van der Waals surface area (Å²) in [6, 6.07) is 3.64. The van der Waals surface area contributed by atoms with Crippen LogP contribution in [0.1, 0.15) is 5.56 Å². The lowest BCUT2D eigenvalue weighted by molar-refractivity contribution is 0.0455. The Morgan fingerprint density at radius 3 is 3.00 bits per heavy atom. The Labute approximate surface area is 91.0 Å². The van der Waals surface area contributed by atoms with Gasteiger partial charge in [0.25, 0.3) is 0 Å². The van der Waals surface area contributed by atoms with E-state index in [1.807, 2.05) is 6.07 Å². The third-order valence-electron chi connectivity index (χ3n) is 1.86. The Morgan fingerprint density at radius 1 is 1.64 bits per heavy atom. The first-order chi connectivity index (χ1) is 6.81. The SMILES string of the molecule is N#Cc1ccnc(SC2COC2)c1Cl. The van der Waals surface area contributed by atoms with E-state index in [-0.39, 0.29) is 0 Å². The molecule has 0 atom stereocenters. The van der Waals surface area contributed by atoms with Crippen LogP contribution >= 0.6 is 23.4 Å². The van der Waals surface area contributed by atoms with Gasteiger partial charge in [0.2, 0.25) is 0 Å². The van der Waals surface area contributed by atoms with Crippen molar-refractivity contribution in [3.63, 3.8) is 0 Å². The molecule has 0 saturated carbocycles. The summed E-state index contributed by atoms with van der Waals surface area (Å²) in [6.45, 7) is 1.47. The van der Waals surface area contributed by atoms with E-state index >= 15 is 0 Å². The summed E-state index contributed by atoms with van der Waals surface area (Å²) in [5.41, 5.74) is 0.476. The monoisotopic (exact) mass is 226 g/mol. The number of hydrogen-bond donors (Lipinski definition) is 0. The van der Waals surface area contributed by atoms with Crippen molar-refractivity contribution in [3.8, 4) is 6.07 Å². The standard InChI is InChI=1S/C9H7ClN2OS/c10-8-6(3-11)1-2-12-9(8)14-7-4-13-5-7/h1-2,7H,4-5H2. The zero-order valence-electron chi connectivity index (χ0n) is 7.24.